The summed E-state index contributed by atoms with van der Waals surface area (Å²) in [6.07, 6.45) is 7.88. The summed E-state index contributed by atoms with van der Waals surface area (Å²) >= 11 is 1.63. The molecular formula is C19H22N6S. The molecule has 0 radical (unpaired) electrons. The molecule has 0 amide bonds. The Hall–Kier alpha value is -2.38. The topological polar surface area (TPSA) is 66.8 Å². The zero-order valence-electron chi connectivity index (χ0n) is 15.0. The maximum absolute atomic E-state index is 4.81. The molecule has 0 spiro atoms. The fourth-order valence-electron chi connectivity index (χ4n) is 3.21. The predicted octanol–water partition coefficient (Wildman–Crippen LogP) is 4.03. The minimum Gasteiger partial charge on any atom is -0.316 e. The fourth-order valence-corrected chi connectivity index (χ4v) is 3.97. The lowest BCUT2D eigenvalue weighted by molar-refractivity contribution is 0.242. The van der Waals surface area contributed by atoms with E-state index in [-0.39, 0.29) is 0 Å². The normalized spacial score (nSPS) is 17.5. The molecule has 4 rings (SSSR count). The summed E-state index contributed by atoms with van der Waals surface area (Å²) in [5, 5.41) is 6.34. The predicted molar refractivity (Wildman–Crippen MR) is 104 cm³/mol. The van der Waals surface area contributed by atoms with Gasteiger partial charge in [0, 0.05) is 30.5 Å². The van der Waals surface area contributed by atoms with Gasteiger partial charge in [0.1, 0.15) is 5.82 Å². The van der Waals surface area contributed by atoms with E-state index in [1.54, 1.807) is 11.3 Å². The average molecular weight is 366 g/mol. The Labute approximate surface area is 157 Å². The molecule has 3 aromatic rings. The van der Waals surface area contributed by atoms with Crippen molar-refractivity contribution in [2.45, 2.75) is 39.3 Å². The molecule has 1 atom stereocenters. The van der Waals surface area contributed by atoms with Crippen LogP contribution in [0.4, 0.5) is 10.9 Å². The number of pyridine rings is 1. The molecule has 0 unspecified atom stereocenters. The monoisotopic (exact) mass is 366 g/mol. The number of anilines is 2. The zero-order valence-corrected chi connectivity index (χ0v) is 15.8. The lowest BCUT2D eigenvalue weighted by Crippen LogP contribution is -2.23. The Morgan fingerprint density at radius 3 is 2.85 bits per heavy atom. The van der Waals surface area contributed by atoms with Gasteiger partial charge in [0.2, 0.25) is 0 Å². The van der Waals surface area contributed by atoms with Crippen molar-refractivity contribution in [3.05, 3.63) is 58.7 Å². The Morgan fingerprint density at radius 2 is 2.08 bits per heavy atom. The molecule has 1 aliphatic heterocycles. The smallest absolute Gasteiger partial charge is 0.188 e. The molecule has 6 nitrogen and oxygen atoms in total. The van der Waals surface area contributed by atoms with Gasteiger partial charge in [-0.05, 0) is 44.9 Å². The minimum absolute atomic E-state index is 0.343. The first-order valence-electron chi connectivity index (χ1n) is 8.84. The van der Waals surface area contributed by atoms with E-state index in [2.05, 4.69) is 30.5 Å². The van der Waals surface area contributed by atoms with Crippen LogP contribution in [-0.2, 0) is 6.54 Å². The number of likely N-dealkylation sites (tertiary alicyclic amines) is 1. The number of hydrogen-bond donors (Lipinski definition) is 1. The van der Waals surface area contributed by atoms with Crippen molar-refractivity contribution in [3.63, 3.8) is 0 Å². The second-order valence-electron chi connectivity index (χ2n) is 6.70. The minimum atomic E-state index is 0.343. The Bertz CT molecular complexity index is 858. The van der Waals surface area contributed by atoms with Gasteiger partial charge in [-0.2, -0.15) is 0 Å². The number of rotatable bonds is 5. The highest BCUT2D eigenvalue weighted by Gasteiger charge is 2.28. The van der Waals surface area contributed by atoms with Crippen molar-refractivity contribution in [1.29, 1.82) is 0 Å². The maximum Gasteiger partial charge on any atom is 0.188 e. The highest BCUT2D eigenvalue weighted by atomic mass is 32.1. The summed E-state index contributed by atoms with van der Waals surface area (Å²) in [7, 11) is 0. The molecule has 4 heterocycles. The molecule has 0 aliphatic carbocycles. The lowest BCUT2D eigenvalue weighted by Gasteiger charge is -2.22. The van der Waals surface area contributed by atoms with E-state index in [1.807, 2.05) is 44.6 Å². The van der Waals surface area contributed by atoms with E-state index in [9.17, 15) is 0 Å². The number of nitrogens with zero attached hydrogens (tertiary/aromatic N) is 5. The molecule has 0 aromatic carbocycles. The van der Waals surface area contributed by atoms with Crippen LogP contribution in [0.25, 0.3) is 0 Å². The van der Waals surface area contributed by atoms with Crippen LogP contribution in [0, 0.1) is 13.8 Å². The molecule has 0 bridgehead atoms. The van der Waals surface area contributed by atoms with Crippen LogP contribution in [0.5, 0.6) is 0 Å². The van der Waals surface area contributed by atoms with Crippen LogP contribution in [0.2, 0.25) is 0 Å². The highest BCUT2D eigenvalue weighted by Crippen LogP contribution is 2.34. The molecule has 26 heavy (non-hydrogen) atoms. The van der Waals surface area contributed by atoms with Gasteiger partial charge in [-0.15, -0.1) is 11.3 Å². The molecule has 1 saturated heterocycles. The largest absolute Gasteiger partial charge is 0.316 e. The van der Waals surface area contributed by atoms with Crippen molar-refractivity contribution >= 4 is 22.3 Å². The van der Waals surface area contributed by atoms with Gasteiger partial charge in [-0.3, -0.25) is 14.9 Å². The van der Waals surface area contributed by atoms with Crippen LogP contribution in [0.1, 0.15) is 41.5 Å². The van der Waals surface area contributed by atoms with Crippen molar-refractivity contribution < 1.29 is 0 Å². The SMILES string of the molecule is Cc1ccc(Nc2nc([C@H]3CCCN3Cc3cnc(C)cn3)cs2)nc1. The lowest BCUT2D eigenvalue weighted by atomic mass is 10.1. The van der Waals surface area contributed by atoms with Crippen molar-refractivity contribution in [2.75, 3.05) is 11.9 Å². The third kappa shape index (κ3) is 3.89. The summed E-state index contributed by atoms with van der Waals surface area (Å²) in [6.45, 7) is 5.88. The van der Waals surface area contributed by atoms with Gasteiger partial charge in [-0.1, -0.05) is 6.07 Å². The molecule has 3 aromatic heterocycles. The third-order valence-electron chi connectivity index (χ3n) is 4.57. The summed E-state index contributed by atoms with van der Waals surface area (Å²) in [6, 6.07) is 4.37. The van der Waals surface area contributed by atoms with E-state index in [0.29, 0.717) is 6.04 Å². The molecule has 1 fully saturated rings. The van der Waals surface area contributed by atoms with Crippen LogP contribution in [-0.4, -0.2) is 31.4 Å². The van der Waals surface area contributed by atoms with Crippen LogP contribution in [0.3, 0.4) is 0 Å². The molecule has 1 N–H and O–H groups in total. The molecule has 134 valence electrons. The fraction of sp³-hybridized carbons (Fsp3) is 0.368. The first-order valence-corrected chi connectivity index (χ1v) is 9.72. The standard InChI is InChI=1S/C19H22N6S/c1-13-5-6-18(22-8-13)24-19-23-16(12-26-19)17-4-3-7-25(17)11-15-10-20-14(2)9-21-15/h5-6,8-10,12,17H,3-4,7,11H2,1-2H3,(H,22,23,24)/t17-/m1/s1. The molecule has 0 saturated carbocycles. The van der Waals surface area contributed by atoms with Crippen molar-refractivity contribution in [2.24, 2.45) is 0 Å². The van der Waals surface area contributed by atoms with E-state index in [1.165, 1.54) is 6.42 Å². The van der Waals surface area contributed by atoms with E-state index >= 15 is 0 Å². The summed E-state index contributed by atoms with van der Waals surface area (Å²) in [4.78, 5) is 20.5. The maximum atomic E-state index is 4.81. The number of nitrogens with one attached hydrogen (secondary N) is 1. The van der Waals surface area contributed by atoms with Crippen molar-refractivity contribution in [1.82, 2.24) is 24.8 Å². The third-order valence-corrected chi connectivity index (χ3v) is 5.35. The first kappa shape index (κ1) is 17.1. The second-order valence-corrected chi connectivity index (χ2v) is 7.56. The summed E-state index contributed by atoms with van der Waals surface area (Å²) < 4.78 is 0. The van der Waals surface area contributed by atoms with Gasteiger partial charge >= 0.3 is 0 Å². The first-order chi connectivity index (χ1) is 12.7. The summed E-state index contributed by atoms with van der Waals surface area (Å²) in [5.41, 5.74) is 4.24. The number of thiazole rings is 1. The van der Waals surface area contributed by atoms with Crippen LogP contribution >= 0.6 is 11.3 Å². The van der Waals surface area contributed by atoms with E-state index in [4.69, 9.17) is 4.98 Å². The Kier molecular flexibility index (Phi) is 4.90. The Morgan fingerprint density at radius 1 is 1.15 bits per heavy atom. The summed E-state index contributed by atoms with van der Waals surface area (Å²) in [5.74, 6) is 0.828. The Balaban J connectivity index is 1.45. The quantitative estimate of drug-likeness (QED) is 0.735. The number of aromatic nitrogens is 4. The average Bonchev–Trinajstić information content (AvgIpc) is 3.28. The molecule has 1 aliphatic rings. The number of aryl methyl sites for hydroxylation is 2. The highest BCUT2D eigenvalue weighted by molar-refractivity contribution is 7.13. The van der Waals surface area contributed by atoms with Gasteiger partial charge in [0.05, 0.1) is 23.1 Å². The number of hydrogen-bond acceptors (Lipinski definition) is 7. The molecular weight excluding hydrogens is 344 g/mol. The van der Waals surface area contributed by atoms with Crippen LogP contribution < -0.4 is 5.32 Å². The zero-order chi connectivity index (χ0) is 17.9. The van der Waals surface area contributed by atoms with Gasteiger partial charge in [-0.25, -0.2) is 9.97 Å². The second kappa shape index (κ2) is 7.47. The van der Waals surface area contributed by atoms with Crippen LogP contribution in [0.15, 0.2) is 36.1 Å². The van der Waals surface area contributed by atoms with Gasteiger partial charge < -0.3 is 5.32 Å². The van der Waals surface area contributed by atoms with E-state index < -0.39 is 0 Å². The molecule has 7 heteroatoms. The van der Waals surface area contributed by atoms with Gasteiger partial charge in [0.15, 0.2) is 5.13 Å². The van der Waals surface area contributed by atoms with Crippen molar-refractivity contribution in [3.8, 4) is 0 Å². The van der Waals surface area contributed by atoms with Gasteiger partial charge in [0.25, 0.3) is 0 Å². The van der Waals surface area contributed by atoms with E-state index in [0.717, 1.165) is 53.1 Å².